The molecule has 13 heavy (non-hydrogen) atoms. The SMILES string of the molecule is CCNC(=O)C=CC1CNCCO1. The van der Waals surface area contributed by atoms with E-state index in [0.29, 0.717) is 13.2 Å². The normalized spacial score (nSPS) is 23.3. The van der Waals surface area contributed by atoms with Gasteiger partial charge in [-0.25, -0.2) is 0 Å². The van der Waals surface area contributed by atoms with Gasteiger partial charge in [-0.05, 0) is 13.0 Å². The van der Waals surface area contributed by atoms with Crippen molar-refractivity contribution in [3.8, 4) is 0 Å². The van der Waals surface area contributed by atoms with E-state index in [0.717, 1.165) is 13.1 Å². The minimum absolute atomic E-state index is 0.0383. The van der Waals surface area contributed by atoms with E-state index in [2.05, 4.69) is 10.6 Å². The number of carbonyl (C=O) groups is 1. The highest BCUT2D eigenvalue weighted by Gasteiger charge is 2.09. The molecule has 1 atom stereocenters. The summed E-state index contributed by atoms with van der Waals surface area (Å²) in [6.07, 6.45) is 3.36. The van der Waals surface area contributed by atoms with Crippen LogP contribution in [0.1, 0.15) is 6.92 Å². The van der Waals surface area contributed by atoms with Gasteiger partial charge in [0.2, 0.25) is 5.91 Å². The van der Waals surface area contributed by atoms with Crippen molar-refractivity contribution in [1.29, 1.82) is 0 Å². The minimum Gasteiger partial charge on any atom is -0.371 e. The van der Waals surface area contributed by atoms with E-state index in [1.165, 1.54) is 6.08 Å². The molecule has 74 valence electrons. The lowest BCUT2D eigenvalue weighted by atomic mass is 10.3. The van der Waals surface area contributed by atoms with Crippen molar-refractivity contribution < 1.29 is 9.53 Å². The first-order chi connectivity index (χ1) is 6.33. The van der Waals surface area contributed by atoms with Gasteiger partial charge in [-0.15, -0.1) is 0 Å². The highest BCUT2D eigenvalue weighted by Crippen LogP contribution is 1.96. The fraction of sp³-hybridized carbons (Fsp3) is 0.667. The Balaban J connectivity index is 2.24. The molecule has 1 amide bonds. The van der Waals surface area contributed by atoms with E-state index in [4.69, 9.17) is 4.74 Å². The van der Waals surface area contributed by atoms with Gasteiger partial charge >= 0.3 is 0 Å². The summed E-state index contributed by atoms with van der Waals surface area (Å²) in [5.41, 5.74) is 0. The van der Waals surface area contributed by atoms with E-state index >= 15 is 0 Å². The van der Waals surface area contributed by atoms with Crippen LogP contribution in [0.2, 0.25) is 0 Å². The van der Waals surface area contributed by atoms with E-state index in [-0.39, 0.29) is 12.0 Å². The van der Waals surface area contributed by atoms with Gasteiger partial charge in [0.15, 0.2) is 0 Å². The Kier molecular flexibility index (Phi) is 4.49. The van der Waals surface area contributed by atoms with Crippen molar-refractivity contribution in [3.05, 3.63) is 12.2 Å². The number of hydrogen-bond donors (Lipinski definition) is 2. The molecule has 1 rings (SSSR count). The highest BCUT2D eigenvalue weighted by molar-refractivity contribution is 5.87. The first kappa shape index (κ1) is 10.2. The van der Waals surface area contributed by atoms with Crippen LogP contribution >= 0.6 is 0 Å². The maximum atomic E-state index is 11.0. The number of amides is 1. The largest absolute Gasteiger partial charge is 0.371 e. The molecule has 1 unspecified atom stereocenters. The van der Waals surface area contributed by atoms with Crippen LogP contribution in [0.5, 0.6) is 0 Å². The van der Waals surface area contributed by atoms with Gasteiger partial charge in [-0.1, -0.05) is 0 Å². The third-order valence-electron chi connectivity index (χ3n) is 1.77. The van der Waals surface area contributed by atoms with Crippen molar-refractivity contribution in [1.82, 2.24) is 10.6 Å². The molecule has 0 aromatic heterocycles. The molecule has 1 aliphatic rings. The molecule has 0 bridgehead atoms. The van der Waals surface area contributed by atoms with Crippen LogP contribution < -0.4 is 10.6 Å². The third-order valence-corrected chi connectivity index (χ3v) is 1.77. The molecule has 1 fully saturated rings. The number of ether oxygens (including phenoxy) is 1. The average molecular weight is 184 g/mol. The van der Waals surface area contributed by atoms with Gasteiger partial charge in [-0.2, -0.15) is 0 Å². The number of nitrogens with one attached hydrogen (secondary N) is 2. The lowest BCUT2D eigenvalue weighted by Gasteiger charge is -2.20. The van der Waals surface area contributed by atoms with Crippen LogP contribution in [0.15, 0.2) is 12.2 Å². The molecule has 0 radical (unpaired) electrons. The quantitative estimate of drug-likeness (QED) is 0.590. The smallest absolute Gasteiger partial charge is 0.243 e. The highest BCUT2D eigenvalue weighted by atomic mass is 16.5. The number of hydrogen-bond acceptors (Lipinski definition) is 3. The van der Waals surface area contributed by atoms with Gasteiger partial charge in [-0.3, -0.25) is 4.79 Å². The summed E-state index contributed by atoms with van der Waals surface area (Å²) >= 11 is 0. The molecule has 1 aliphatic heterocycles. The van der Waals surface area contributed by atoms with E-state index < -0.39 is 0 Å². The number of likely N-dealkylation sites (N-methyl/N-ethyl adjacent to an activating group) is 1. The Bertz CT molecular complexity index is 186. The Morgan fingerprint density at radius 1 is 1.77 bits per heavy atom. The maximum absolute atomic E-state index is 11.0. The number of carbonyl (C=O) groups excluding carboxylic acids is 1. The zero-order valence-corrected chi connectivity index (χ0v) is 7.88. The Morgan fingerprint density at radius 3 is 3.23 bits per heavy atom. The topological polar surface area (TPSA) is 50.4 Å². The molecular formula is C9H16N2O2. The second-order valence-corrected chi connectivity index (χ2v) is 2.87. The Hall–Kier alpha value is -0.870. The van der Waals surface area contributed by atoms with E-state index in [1.807, 2.05) is 6.92 Å². The molecule has 2 N–H and O–H groups in total. The molecule has 0 saturated carbocycles. The molecule has 0 aromatic carbocycles. The first-order valence-corrected chi connectivity index (χ1v) is 4.61. The lowest BCUT2D eigenvalue weighted by Crippen LogP contribution is -2.37. The number of morpholine rings is 1. The van der Waals surface area contributed by atoms with Crippen LogP contribution in [-0.4, -0.2) is 38.3 Å². The van der Waals surface area contributed by atoms with Crippen molar-refractivity contribution in [2.75, 3.05) is 26.2 Å². The summed E-state index contributed by atoms with van der Waals surface area (Å²) in [5, 5.41) is 5.87. The molecule has 0 aromatic rings. The zero-order valence-electron chi connectivity index (χ0n) is 7.88. The second kappa shape index (κ2) is 5.72. The lowest BCUT2D eigenvalue weighted by molar-refractivity contribution is -0.116. The van der Waals surface area contributed by atoms with Crippen LogP contribution in [0, 0.1) is 0 Å². The van der Waals surface area contributed by atoms with E-state index in [1.54, 1.807) is 6.08 Å². The summed E-state index contributed by atoms with van der Waals surface area (Å²) in [5.74, 6) is -0.0586. The minimum atomic E-state index is -0.0586. The number of rotatable bonds is 3. The van der Waals surface area contributed by atoms with Crippen molar-refractivity contribution in [2.24, 2.45) is 0 Å². The van der Waals surface area contributed by atoms with Crippen LogP contribution in [0.4, 0.5) is 0 Å². The van der Waals surface area contributed by atoms with Crippen molar-refractivity contribution in [2.45, 2.75) is 13.0 Å². The fourth-order valence-electron chi connectivity index (χ4n) is 1.14. The molecule has 4 heteroatoms. The first-order valence-electron chi connectivity index (χ1n) is 4.61. The summed E-state index contributed by atoms with van der Waals surface area (Å²) in [4.78, 5) is 11.0. The predicted octanol–water partition coefficient (Wildman–Crippen LogP) is -0.333. The van der Waals surface area contributed by atoms with Crippen LogP contribution in [0.25, 0.3) is 0 Å². The van der Waals surface area contributed by atoms with Gasteiger partial charge in [0, 0.05) is 25.7 Å². The maximum Gasteiger partial charge on any atom is 0.243 e. The van der Waals surface area contributed by atoms with Gasteiger partial charge in [0.05, 0.1) is 12.7 Å². The Morgan fingerprint density at radius 2 is 2.62 bits per heavy atom. The third kappa shape index (κ3) is 4.05. The van der Waals surface area contributed by atoms with Gasteiger partial charge in [0.25, 0.3) is 0 Å². The summed E-state index contributed by atoms with van der Waals surface area (Å²) in [6, 6.07) is 0. The molecule has 4 nitrogen and oxygen atoms in total. The van der Waals surface area contributed by atoms with Crippen LogP contribution in [-0.2, 0) is 9.53 Å². The predicted molar refractivity (Wildman–Crippen MR) is 50.4 cm³/mol. The van der Waals surface area contributed by atoms with Crippen LogP contribution in [0.3, 0.4) is 0 Å². The fourth-order valence-corrected chi connectivity index (χ4v) is 1.14. The van der Waals surface area contributed by atoms with Gasteiger partial charge < -0.3 is 15.4 Å². The molecule has 0 aliphatic carbocycles. The molecule has 1 saturated heterocycles. The summed E-state index contributed by atoms with van der Waals surface area (Å²) in [7, 11) is 0. The Labute approximate surface area is 78.3 Å². The van der Waals surface area contributed by atoms with Gasteiger partial charge in [0.1, 0.15) is 0 Å². The van der Waals surface area contributed by atoms with Crippen molar-refractivity contribution >= 4 is 5.91 Å². The average Bonchev–Trinajstić information content (AvgIpc) is 2.17. The standard InChI is InChI=1S/C9H16N2O2/c1-2-11-9(12)4-3-8-7-10-5-6-13-8/h3-4,8,10H,2,5-7H2,1H3,(H,11,12). The monoisotopic (exact) mass is 184 g/mol. The molecule has 0 spiro atoms. The summed E-state index contributed by atoms with van der Waals surface area (Å²) < 4.78 is 5.38. The van der Waals surface area contributed by atoms with E-state index in [9.17, 15) is 4.79 Å². The molecule has 1 heterocycles. The zero-order chi connectivity index (χ0) is 9.52. The van der Waals surface area contributed by atoms with Crippen molar-refractivity contribution in [3.63, 3.8) is 0 Å². The summed E-state index contributed by atoms with van der Waals surface area (Å²) in [6.45, 7) is 4.95. The second-order valence-electron chi connectivity index (χ2n) is 2.87. The molecular weight excluding hydrogens is 168 g/mol.